The molecule has 0 aliphatic carbocycles. The van der Waals surface area contributed by atoms with E-state index in [1.807, 2.05) is 0 Å². The minimum Gasteiger partial charge on any atom is -0.379 e. The molecular weight excluding hydrogens is 386 g/mol. The summed E-state index contributed by atoms with van der Waals surface area (Å²) in [6.07, 6.45) is 1.12. The van der Waals surface area contributed by atoms with E-state index in [0.29, 0.717) is 0 Å². The summed E-state index contributed by atoms with van der Waals surface area (Å²) in [6.45, 7) is 10.2. The molecule has 0 atom stereocenters. The van der Waals surface area contributed by atoms with Crippen molar-refractivity contribution in [2.45, 2.75) is 26.8 Å². The van der Waals surface area contributed by atoms with Crippen molar-refractivity contribution >= 4 is 28.4 Å². The van der Waals surface area contributed by atoms with Crippen LogP contribution in [0.4, 0.5) is 5.69 Å². The minimum atomic E-state index is 0.860. The fourth-order valence-corrected chi connectivity index (χ4v) is 5.37. The number of morpholine rings is 1. The van der Waals surface area contributed by atoms with Crippen molar-refractivity contribution in [2.24, 2.45) is 4.99 Å². The van der Waals surface area contributed by atoms with Crippen molar-refractivity contribution in [1.29, 1.82) is 0 Å². The van der Waals surface area contributed by atoms with Crippen molar-refractivity contribution in [3.8, 4) is 10.6 Å². The lowest BCUT2D eigenvalue weighted by Gasteiger charge is -2.26. The van der Waals surface area contributed by atoms with Gasteiger partial charge in [0, 0.05) is 31.6 Å². The smallest absolute Gasteiger partial charge is 0.190 e. The lowest BCUT2D eigenvalue weighted by atomic mass is 10.1. The first-order valence-corrected chi connectivity index (χ1v) is 11.6. The maximum absolute atomic E-state index is 5.47. The van der Waals surface area contributed by atoms with Gasteiger partial charge in [-0.3, -0.25) is 4.90 Å². The maximum Gasteiger partial charge on any atom is 0.190 e. The van der Waals surface area contributed by atoms with Crippen molar-refractivity contribution < 1.29 is 4.74 Å². The summed E-state index contributed by atoms with van der Waals surface area (Å²) < 4.78 is 7.87. The second-order valence-electron chi connectivity index (χ2n) is 7.19. The Bertz CT molecular complexity index is 946. The van der Waals surface area contributed by atoms with E-state index in [1.54, 1.807) is 22.7 Å². The molecule has 0 unspecified atom stereocenters. The fraction of sp³-hybridized carbons (Fsp3) is 0.409. The highest BCUT2D eigenvalue weighted by molar-refractivity contribution is 7.14. The largest absolute Gasteiger partial charge is 0.379 e. The second kappa shape index (κ2) is 9.18. The predicted molar refractivity (Wildman–Crippen MR) is 119 cm³/mol. The lowest BCUT2D eigenvalue weighted by molar-refractivity contribution is 0.0369. The Labute approximate surface area is 174 Å². The first kappa shape index (κ1) is 19.6. The Balaban J connectivity index is 1.64. The molecule has 148 valence electrons. The zero-order valence-electron chi connectivity index (χ0n) is 16.6. The van der Waals surface area contributed by atoms with Crippen molar-refractivity contribution in [3.63, 3.8) is 0 Å². The zero-order valence-corrected chi connectivity index (χ0v) is 18.2. The summed E-state index contributed by atoms with van der Waals surface area (Å²) >= 11 is 3.54. The molecule has 1 saturated heterocycles. The average Bonchev–Trinajstić information content (AvgIpc) is 3.36. The molecule has 1 aliphatic heterocycles. The third-order valence-corrected chi connectivity index (χ3v) is 6.93. The first-order chi connectivity index (χ1) is 13.7. The molecule has 0 radical (unpaired) electrons. The predicted octanol–water partition coefficient (Wildman–Crippen LogP) is 4.85. The number of hydrogen-bond acceptors (Lipinski definition) is 5. The molecule has 3 heterocycles. The number of benzene rings is 1. The summed E-state index contributed by atoms with van der Waals surface area (Å²) in [7, 11) is 0. The van der Waals surface area contributed by atoms with Gasteiger partial charge in [0.1, 0.15) is 0 Å². The molecule has 1 aliphatic rings. The van der Waals surface area contributed by atoms with Gasteiger partial charge in [0.2, 0.25) is 0 Å². The average molecular weight is 414 g/mol. The summed E-state index contributed by atoms with van der Waals surface area (Å²) in [6, 6.07) is 10.7. The third-order valence-electron chi connectivity index (χ3n) is 5.18. The van der Waals surface area contributed by atoms with E-state index in [-0.39, 0.29) is 0 Å². The van der Waals surface area contributed by atoms with Crippen molar-refractivity contribution in [1.82, 2.24) is 9.47 Å². The topological polar surface area (TPSA) is 29.8 Å². The molecular formula is C22H27N3OS2. The van der Waals surface area contributed by atoms with E-state index >= 15 is 0 Å². The monoisotopic (exact) mass is 413 g/mol. The highest BCUT2D eigenvalue weighted by Gasteiger charge is 2.13. The lowest BCUT2D eigenvalue weighted by Crippen LogP contribution is -2.37. The normalized spacial score (nSPS) is 16.0. The molecule has 1 fully saturated rings. The molecule has 0 amide bonds. The molecule has 28 heavy (non-hydrogen) atoms. The number of nitrogens with zero attached hydrogens (tertiary/aromatic N) is 3. The molecule has 3 aromatic rings. The number of thiophene rings is 1. The Morgan fingerprint density at radius 1 is 1.00 bits per heavy atom. The summed E-state index contributed by atoms with van der Waals surface area (Å²) in [5, 5.41) is 4.40. The molecule has 4 rings (SSSR count). The third kappa shape index (κ3) is 4.46. The number of ether oxygens (including phenoxy) is 1. The van der Waals surface area contributed by atoms with Crippen LogP contribution >= 0.6 is 22.7 Å². The van der Waals surface area contributed by atoms with Crippen LogP contribution in [0.1, 0.15) is 17.5 Å². The zero-order chi connectivity index (χ0) is 19.3. The van der Waals surface area contributed by atoms with Crippen LogP contribution in [-0.2, 0) is 11.3 Å². The fourth-order valence-electron chi connectivity index (χ4n) is 3.61. The van der Waals surface area contributed by atoms with Gasteiger partial charge < -0.3 is 9.30 Å². The number of rotatable bonds is 6. The van der Waals surface area contributed by atoms with Gasteiger partial charge in [0.05, 0.1) is 29.5 Å². The van der Waals surface area contributed by atoms with Crippen molar-refractivity contribution in [2.75, 3.05) is 32.8 Å². The van der Waals surface area contributed by atoms with E-state index < -0.39 is 0 Å². The van der Waals surface area contributed by atoms with Crippen LogP contribution in [-0.4, -0.2) is 42.3 Å². The highest BCUT2D eigenvalue weighted by Crippen LogP contribution is 2.27. The number of aromatic nitrogens is 1. The number of hydrogen-bond donors (Lipinski definition) is 0. The Kier molecular flexibility index (Phi) is 6.42. The molecule has 0 N–H and O–H groups in total. The molecule has 0 spiro atoms. The Morgan fingerprint density at radius 3 is 2.50 bits per heavy atom. The van der Waals surface area contributed by atoms with Gasteiger partial charge in [0.15, 0.2) is 4.80 Å². The van der Waals surface area contributed by atoms with Gasteiger partial charge in [0.25, 0.3) is 0 Å². The molecule has 1 aromatic carbocycles. The van der Waals surface area contributed by atoms with Gasteiger partial charge >= 0.3 is 0 Å². The first-order valence-electron chi connectivity index (χ1n) is 9.85. The molecule has 0 saturated carbocycles. The van der Waals surface area contributed by atoms with Gasteiger partial charge in [-0.05, 0) is 42.8 Å². The minimum absolute atomic E-state index is 0.860. The van der Waals surface area contributed by atoms with E-state index in [0.717, 1.165) is 56.3 Å². The van der Waals surface area contributed by atoms with Gasteiger partial charge in [-0.25, -0.2) is 4.99 Å². The quantitative estimate of drug-likeness (QED) is 0.578. The molecule has 0 bridgehead atoms. The number of para-hydroxylation sites is 1. The van der Waals surface area contributed by atoms with Crippen molar-refractivity contribution in [3.05, 3.63) is 57.0 Å². The van der Waals surface area contributed by atoms with E-state index in [9.17, 15) is 0 Å². The Hall–Kier alpha value is -1.73. The van der Waals surface area contributed by atoms with Crippen LogP contribution in [0.15, 0.2) is 46.1 Å². The van der Waals surface area contributed by atoms with Crippen LogP contribution in [0.5, 0.6) is 0 Å². The van der Waals surface area contributed by atoms with Gasteiger partial charge in [-0.1, -0.05) is 24.3 Å². The van der Waals surface area contributed by atoms with Crippen LogP contribution in [0, 0.1) is 13.8 Å². The summed E-state index contributed by atoms with van der Waals surface area (Å²) in [5.41, 5.74) is 4.84. The van der Waals surface area contributed by atoms with Gasteiger partial charge in [-0.2, -0.15) is 0 Å². The molecule has 6 heteroatoms. The molecule has 2 aromatic heterocycles. The summed E-state index contributed by atoms with van der Waals surface area (Å²) in [5.74, 6) is 0. The number of aryl methyl sites for hydroxylation is 2. The van der Waals surface area contributed by atoms with Gasteiger partial charge in [-0.15, -0.1) is 22.7 Å². The SMILES string of the molecule is Cc1cccc(C)c1N=c1scc(-c2cccs2)n1CCCN1CCOCC1. The van der Waals surface area contributed by atoms with E-state index in [2.05, 4.69) is 64.4 Å². The van der Waals surface area contributed by atoms with E-state index in [1.165, 1.54) is 21.7 Å². The Morgan fingerprint density at radius 2 is 1.79 bits per heavy atom. The maximum atomic E-state index is 5.47. The van der Waals surface area contributed by atoms with Crippen LogP contribution in [0.25, 0.3) is 10.6 Å². The summed E-state index contributed by atoms with van der Waals surface area (Å²) in [4.78, 5) is 9.99. The standard InChI is InChI=1S/C22H27N3OS2/c1-17-6-3-7-18(2)21(17)23-22-25(10-5-9-24-11-13-26-14-12-24)19(16-28-22)20-8-4-15-27-20/h3-4,6-8,15-16H,5,9-14H2,1-2H3. The van der Waals surface area contributed by atoms with E-state index in [4.69, 9.17) is 9.73 Å². The van der Waals surface area contributed by atoms with Crippen LogP contribution in [0.3, 0.4) is 0 Å². The molecule has 4 nitrogen and oxygen atoms in total. The number of thiazole rings is 1. The van der Waals surface area contributed by atoms with Crippen LogP contribution in [0.2, 0.25) is 0 Å². The highest BCUT2D eigenvalue weighted by atomic mass is 32.1. The van der Waals surface area contributed by atoms with Crippen LogP contribution < -0.4 is 4.80 Å². The second-order valence-corrected chi connectivity index (χ2v) is 8.98.